The summed E-state index contributed by atoms with van der Waals surface area (Å²) in [6.45, 7) is 6.73. The molecule has 0 bridgehead atoms. The highest BCUT2D eigenvalue weighted by Gasteiger charge is 2.37. The maximum atomic E-state index is 13.5. The van der Waals surface area contributed by atoms with Crippen LogP contribution < -0.4 is 5.73 Å². The molecule has 1 aromatic heterocycles. The SMILES string of the molecule is C=CN(/C=C(\C(N)=O)c1ccnc(F)c1)/N=C(/c1cc(C(F)(F)F)cc(C(F)(F)F)c1)C(C)CC. The largest absolute Gasteiger partial charge is 0.416 e. The summed E-state index contributed by atoms with van der Waals surface area (Å²) in [6, 6.07) is 3.35. The van der Waals surface area contributed by atoms with Crippen LogP contribution in [0.2, 0.25) is 0 Å². The topological polar surface area (TPSA) is 71.6 Å². The van der Waals surface area contributed by atoms with Crippen molar-refractivity contribution in [2.24, 2.45) is 16.8 Å². The molecule has 35 heavy (non-hydrogen) atoms. The third-order valence-electron chi connectivity index (χ3n) is 4.94. The van der Waals surface area contributed by atoms with Crippen LogP contribution >= 0.6 is 0 Å². The zero-order chi connectivity index (χ0) is 26.6. The molecule has 5 nitrogen and oxygen atoms in total. The molecule has 2 N–H and O–H groups in total. The van der Waals surface area contributed by atoms with E-state index in [0.717, 1.165) is 29.7 Å². The molecule has 0 aliphatic heterocycles. The zero-order valence-corrected chi connectivity index (χ0v) is 18.6. The van der Waals surface area contributed by atoms with Gasteiger partial charge in [-0.3, -0.25) is 4.79 Å². The molecule has 0 aliphatic carbocycles. The maximum Gasteiger partial charge on any atom is 0.416 e. The quantitative estimate of drug-likeness (QED) is 0.159. The first-order chi connectivity index (χ1) is 16.2. The van der Waals surface area contributed by atoms with E-state index in [1.165, 1.54) is 6.07 Å². The van der Waals surface area contributed by atoms with Crippen molar-refractivity contribution in [3.05, 3.63) is 83.7 Å². The van der Waals surface area contributed by atoms with Crippen molar-refractivity contribution in [1.82, 2.24) is 9.99 Å². The van der Waals surface area contributed by atoms with Gasteiger partial charge in [0.25, 0.3) is 5.91 Å². The van der Waals surface area contributed by atoms with Crippen LogP contribution in [0.3, 0.4) is 0 Å². The van der Waals surface area contributed by atoms with Crippen molar-refractivity contribution in [2.75, 3.05) is 0 Å². The van der Waals surface area contributed by atoms with E-state index in [0.29, 0.717) is 18.6 Å². The molecule has 188 valence electrons. The minimum atomic E-state index is -5.04. The number of nitrogens with zero attached hydrogens (tertiary/aromatic N) is 3. The Balaban J connectivity index is 2.74. The summed E-state index contributed by atoms with van der Waals surface area (Å²) in [5, 5.41) is 5.07. The molecule has 1 atom stereocenters. The molecule has 1 aromatic carbocycles. The molecule has 2 rings (SSSR count). The highest BCUT2D eigenvalue weighted by molar-refractivity contribution is 6.18. The molecular weight excluding hydrogens is 481 g/mol. The predicted molar refractivity (Wildman–Crippen MR) is 116 cm³/mol. The minimum Gasteiger partial charge on any atom is -0.366 e. The summed E-state index contributed by atoms with van der Waals surface area (Å²) in [6.07, 6.45) is -6.61. The fourth-order valence-corrected chi connectivity index (χ4v) is 2.97. The van der Waals surface area contributed by atoms with E-state index < -0.39 is 46.8 Å². The smallest absolute Gasteiger partial charge is 0.366 e. The Hall–Kier alpha value is -3.70. The summed E-state index contributed by atoms with van der Waals surface area (Å²) >= 11 is 0. The molecule has 2 aromatic rings. The monoisotopic (exact) mass is 502 g/mol. The van der Waals surface area contributed by atoms with Gasteiger partial charge in [0, 0.05) is 30.6 Å². The van der Waals surface area contributed by atoms with Crippen molar-refractivity contribution in [2.45, 2.75) is 32.6 Å². The number of halogens is 7. The number of pyridine rings is 1. The number of alkyl halides is 6. The number of hydrazone groups is 1. The molecule has 0 fully saturated rings. The van der Waals surface area contributed by atoms with Crippen molar-refractivity contribution in [3.8, 4) is 0 Å². The Morgan fingerprint density at radius 1 is 1.11 bits per heavy atom. The zero-order valence-electron chi connectivity index (χ0n) is 18.6. The first-order valence-corrected chi connectivity index (χ1v) is 10.1. The van der Waals surface area contributed by atoms with Gasteiger partial charge in [-0.05, 0) is 41.8 Å². The van der Waals surface area contributed by atoms with E-state index in [4.69, 9.17) is 5.73 Å². The molecule has 0 saturated carbocycles. The van der Waals surface area contributed by atoms with Crippen LogP contribution in [-0.4, -0.2) is 21.6 Å². The number of carbonyl (C=O) groups is 1. The number of rotatable bonds is 8. The van der Waals surface area contributed by atoms with Gasteiger partial charge >= 0.3 is 12.4 Å². The lowest BCUT2D eigenvalue weighted by molar-refractivity contribution is -0.143. The van der Waals surface area contributed by atoms with Gasteiger partial charge in [-0.15, -0.1) is 0 Å². The molecule has 0 aliphatic rings. The Morgan fingerprint density at radius 2 is 1.69 bits per heavy atom. The second kappa shape index (κ2) is 10.7. The summed E-state index contributed by atoms with van der Waals surface area (Å²) in [4.78, 5) is 15.3. The Kier molecular flexibility index (Phi) is 8.42. The Labute approximate surface area is 196 Å². The molecular formula is C23H21F7N4O. The van der Waals surface area contributed by atoms with Gasteiger partial charge in [0.1, 0.15) is 0 Å². The summed E-state index contributed by atoms with van der Waals surface area (Å²) in [7, 11) is 0. The van der Waals surface area contributed by atoms with Gasteiger partial charge in [-0.25, -0.2) is 9.99 Å². The molecule has 12 heteroatoms. The summed E-state index contributed by atoms with van der Waals surface area (Å²) < 4.78 is 93.7. The third kappa shape index (κ3) is 7.14. The number of hydrogen-bond acceptors (Lipinski definition) is 4. The van der Waals surface area contributed by atoms with Gasteiger partial charge in [-0.2, -0.15) is 35.8 Å². The first-order valence-electron chi connectivity index (χ1n) is 10.1. The van der Waals surface area contributed by atoms with Crippen LogP contribution in [0.15, 0.2) is 60.6 Å². The molecule has 0 spiro atoms. The van der Waals surface area contributed by atoms with Crippen molar-refractivity contribution in [1.29, 1.82) is 0 Å². The van der Waals surface area contributed by atoms with Gasteiger partial charge in [-0.1, -0.05) is 20.4 Å². The maximum absolute atomic E-state index is 13.5. The third-order valence-corrected chi connectivity index (χ3v) is 4.94. The lowest BCUT2D eigenvalue weighted by atomic mass is 9.93. The van der Waals surface area contributed by atoms with Crippen LogP contribution in [0.25, 0.3) is 5.57 Å². The van der Waals surface area contributed by atoms with Crippen molar-refractivity contribution >= 4 is 17.2 Å². The fourth-order valence-electron chi connectivity index (χ4n) is 2.97. The van der Waals surface area contributed by atoms with Crippen LogP contribution in [0, 0.1) is 11.9 Å². The van der Waals surface area contributed by atoms with E-state index in [1.807, 2.05) is 0 Å². The summed E-state index contributed by atoms with van der Waals surface area (Å²) in [5.41, 5.74) is 1.60. The van der Waals surface area contributed by atoms with Crippen LogP contribution in [0.4, 0.5) is 30.7 Å². The van der Waals surface area contributed by atoms with Gasteiger partial charge < -0.3 is 5.73 Å². The van der Waals surface area contributed by atoms with Crippen LogP contribution in [0.5, 0.6) is 0 Å². The van der Waals surface area contributed by atoms with E-state index in [1.54, 1.807) is 13.8 Å². The number of primary amides is 1. The number of benzene rings is 1. The van der Waals surface area contributed by atoms with Crippen molar-refractivity contribution < 1.29 is 35.5 Å². The fraction of sp³-hybridized carbons (Fsp3) is 0.261. The van der Waals surface area contributed by atoms with Crippen LogP contribution in [-0.2, 0) is 17.1 Å². The number of nitrogens with two attached hydrogens (primary N) is 1. The summed E-state index contributed by atoms with van der Waals surface area (Å²) in [5.74, 6) is -2.51. The van der Waals surface area contributed by atoms with E-state index in [2.05, 4.69) is 16.7 Å². The average molecular weight is 502 g/mol. The first kappa shape index (κ1) is 27.5. The van der Waals surface area contributed by atoms with Gasteiger partial charge in [0.05, 0.1) is 22.4 Å². The molecule has 0 saturated heterocycles. The van der Waals surface area contributed by atoms with E-state index in [9.17, 15) is 35.5 Å². The molecule has 0 radical (unpaired) electrons. The average Bonchev–Trinajstić information content (AvgIpc) is 2.77. The Bertz CT molecular complexity index is 1120. The normalized spacial score (nSPS) is 14.0. The second-order valence-corrected chi connectivity index (χ2v) is 7.43. The molecule has 1 unspecified atom stereocenters. The molecule has 1 heterocycles. The number of hydrogen-bond donors (Lipinski definition) is 1. The number of carbonyl (C=O) groups excluding carboxylic acids is 1. The van der Waals surface area contributed by atoms with Gasteiger partial charge in [0.2, 0.25) is 5.95 Å². The number of amides is 1. The van der Waals surface area contributed by atoms with E-state index in [-0.39, 0.29) is 22.9 Å². The second-order valence-electron chi connectivity index (χ2n) is 7.43. The predicted octanol–water partition coefficient (Wildman–Crippen LogP) is 5.98. The highest BCUT2D eigenvalue weighted by Crippen LogP contribution is 2.37. The van der Waals surface area contributed by atoms with E-state index >= 15 is 0 Å². The standard InChI is InChI=1S/C23H21F7N4O/c1-4-13(3)20(15-8-16(22(25,26)27)11-17(9-15)23(28,29)30)33-34(5-2)12-18(21(31)35)14-6-7-32-19(24)10-14/h5-13H,2,4H2,1,3H3,(H2,31,35)/b18-12-,33-20+. The molecule has 1 amide bonds. The van der Waals surface area contributed by atoms with Crippen molar-refractivity contribution in [3.63, 3.8) is 0 Å². The lowest BCUT2D eigenvalue weighted by Crippen LogP contribution is -2.20. The van der Waals surface area contributed by atoms with Gasteiger partial charge in [0.15, 0.2) is 0 Å². The lowest BCUT2D eigenvalue weighted by Gasteiger charge is -2.20. The van der Waals surface area contributed by atoms with Crippen LogP contribution in [0.1, 0.15) is 42.5 Å². The minimum absolute atomic E-state index is 0.0199. The number of aromatic nitrogens is 1. The highest BCUT2D eigenvalue weighted by atomic mass is 19.4. The Morgan fingerprint density at radius 3 is 2.11 bits per heavy atom.